The number of pyridine rings is 2. The Morgan fingerprint density at radius 2 is 2.08 bits per heavy atom. The first kappa shape index (κ1) is 16.8. The van der Waals surface area contributed by atoms with Crippen LogP contribution in [0.2, 0.25) is 0 Å². The maximum atomic E-state index is 12.7. The zero-order chi connectivity index (χ0) is 17.2. The molecule has 1 atom stereocenters. The number of nitrogens with zero attached hydrogens (tertiary/aromatic N) is 4. The van der Waals surface area contributed by atoms with Crippen molar-refractivity contribution in [3.05, 3.63) is 48.4 Å². The Labute approximate surface area is 142 Å². The number of morpholine rings is 1. The van der Waals surface area contributed by atoms with Crippen LogP contribution in [0, 0.1) is 0 Å². The average molecular weight is 348 g/mol. The molecule has 1 unspecified atom stereocenters. The lowest BCUT2D eigenvalue weighted by molar-refractivity contribution is -0.00488. The highest BCUT2D eigenvalue weighted by molar-refractivity contribution is 7.89. The van der Waals surface area contributed by atoms with Crippen molar-refractivity contribution in [1.29, 1.82) is 0 Å². The van der Waals surface area contributed by atoms with Gasteiger partial charge in [0.2, 0.25) is 10.0 Å². The molecule has 0 radical (unpaired) electrons. The molecule has 0 aromatic carbocycles. The van der Waals surface area contributed by atoms with Gasteiger partial charge in [0.25, 0.3) is 0 Å². The van der Waals surface area contributed by atoms with Crippen molar-refractivity contribution < 1.29 is 13.2 Å². The molecule has 2 aromatic rings. The summed E-state index contributed by atoms with van der Waals surface area (Å²) in [7, 11) is 0.243. The maximum absolute atomic E-state index is 12.7. The van der Waals surface area contributed by atoms with Gasteiger partial charge in [-0.1, -0.05) is 6.07 Å². The van der Waals surface area contributed by atoms with E-state index in [0.717, 1.165) is 11.5 Å². The van der Waals surface area contributed by atoms with Crippen molar-refractivity contribution in [2.75, 3.05) is 38.7 Å². The molecule has 0 saturated carbocycles. The molecule has 1 saturated heterocycles. The van der Waals surface area contributed by atoms with E-state index in [-0.39, 0.29) is 17.5 Å². The van der Waals surface area contributed by atoms with Gasteiger partial charge in [-0.05, 0) is 24.3 Å². The lowest BCUT2D eigenvalue weighted by Crippen LogP contribution is -2.42. The van der Waals surface area contributed by atoms with E-state index in [1.54, 1.807) is 18.3 Å². The minimum atomic E-state index is -3.58. The van der Waals surface area contributed by atoms with Gasteiger partial charge in [-0.3, -0.25) is 4.98 Å². The van der Waals surface area contributed by atoms with Gasteiger partial charge in [-0.25, -0.2) is 13.4 Å². The van der Waals surface area contributed by atoms with E-state index in [2.05, 4.69) is 9.97 Å². The molecule has 1 aliphatic rings. The van der Waals surface area contributed by atoms with Crippen molar-refractivity contribution >= 4 is 15.8 Å². The summed E-state index contributed by atoms with van der Waals surface area (Å²) in [5.74, 6) is 0.809. The van der Waals surface area contributed by atoms with Gasteiger partial charge in [-0.15, -0.1) is 0 Å². The van der Waals surface area contributed by atoms with Crippen LogP contribution < -0.4 is 4.90 Å². The summed E-state index contributed by atoms with van der Waals surface area (Å²) in [6.45, 7) is 0.889. The normalized spacial score (nSPS) is 19.2. The number of aromatic nitrogens is 2. The Hall–Kier alpha value is -2.03. The van der Waals surface area contributed by atoms with Gasteiger partial charge < -0.3 is 9.64 Å². The molecule has 128 valence electrons. The summed E-state index contributed by atoms with van der Waals surface area (Å²) >= 11 is 0. The van der Waals surface area contributed by atoms with E-state index in [1.165, 1.54) is 10.5 Å². The smallest absolute Gasteiger partial charge is 0.244 e. The molecule has 0 spiro atoms. The summed E-state index contributed by atoms with van der Waals surface area (Å²) in [6.07, 6.45) is 2.53. The molecular weight excluding hydrogens is 328 g/mol. The van der Waals surface area contributed by atoms with E-state index in [0.29, 0.717) is 13.2 Å². The highest BCUT2D eigenvalue weighted by Crippen LogP contribution is 2.26. The second-order valence-electron chi connectivity index (χ2n) is 5.73. The third-order valence-electron chi connectivity index (χ3n) is 3.85. The zero-order valence-corrected chi connectivity index (χ0v) is 14.5. The van der Waals surface area contributed by atoms with Crippen LogP contribution in [0.15, 0.2) is 47.6 Å². The highest BCUT2D eigenvalue weighted by atomic mass is 32.2. The van der Waals surface area contributed by atoms with Crippen LogP contribution in [-0.2, 0) is 14.8 Å². The molecule has 0 N–H and O–H groups in total. The van der Waals surface area contributed by atoms with Crippen molar-refractivity contribution in [2.24, 2.45) is 0 Å². The summed E-state index contributed by atoms with van der Waals surface area (Å²) in [5, 5.41) is 0. The monoisotopic (exact) mass is 348 g/mol. The number of anilines is 1. The van der Waals surface area contributed by atoms with E-state index in [4.69, 9.17) is 4.74 Å². The molecular formula is C16H20N4O3S. The standard InChI is InChI=1S/C16H20N4O3S/c1-19(2)16-7-3-6-14(18-16)15-12-20(9-10-23-15)24(21,22)13-5-4-8-17-11-13/h3-8,11,15H,9-10,12H2,1-2H3. The largest absolute Gasteiger partial charge is 0.369 e. The molecule has 3 rings (SSSR count). The van der Waals surface area contributed by atoms with Crippen LogP contribution >= 0.6 is 0 Å². The van der Waals surface area contributed by atoms with E-state index in [1.807, 2.05) is 37.2 Å². The molecule has 3 heterocycles. The highest BCUT2D eigenvalue weighted by Gasteiger charge is 2.32. The fraction of sp³-hybridized carbons (Fsp3) is 0.375. The predicted molar refractivity (Wildman–Crippen MR) is 90.3 cm³/mol. The number of rotatable bonds is 4. The van der Waals surface area contributed by atoms with Crippen molar-refractivity contribution in [1.82, 2.24) is 14.3 Å². The Morgan fingerprint density at radius 3 is 2.79 bits per heavy atom. The molecule has 8 heteroatoms. The molecule has 1 aliphatic heterocycles. The Bertz CT molecular complexity index is 796. The minimum Gasteiger partial charge on any atom is -0.369 e. The summed E-state index contributed by atoms with van der Waals surface area (Å²) in [5.41, 5.74) is 0.729. The second-order valence-corrected chi connectivity index (χ2v) is 7.66. The van der Waals surface area contributed by atoms with Crippen LogP contribution in [0.1, 0.15) is 11.8 Å². The van der Waals surface area contributed by atoms with Crippen molar-refractivity contribution in [3.63, 3.8) is 0 Å². The van der Waals surface area contributed by atoms with Crippen LogP contribution in [0.3, 0.4) is 0 Å². The first-order valence-electron chi connectivity index (χ1n) is 7.64. The van der Waals surface area contributed by atoms with Crippen LogP contribution in [0.4, 0.5) is 5.82 Å². The zero-order valence-electron chi connectivity index (χ0n) is 13.7. The van der Waals surface area contributed by atoms with Gasteiger partial charge in [-0.2, -0.15) is 4.31 Å². The third kappa shape index (κ3) is 3.40. The van der Waals surface area contributed by atoms with Gasteiger partial charge >= 0.3 is 0 Å². The van der Waals surface area contributed by atoms with Crippen LogP contribution in [0.5, 0.6) is 0 Å². The molecule has 24 heavy (non-hydrogen) atoms. The topological polar surface area (TPSA) is 75.6 Å². The summed E-state index contributed by atoms with van der Waals surface area (Å²) in [6, 6.07) is 8.83. The second kappa shape index (κ2) is 6.84. The fourth-order valence-corrected chi connectivity index (χ4v) is 3.93. The number of sulfonamides is 1. The van der Waals surface area contributed by atoms with Crippen LogP contribution in [-0.4, -0.2) is 56.5 Å². The molecule has 0 bridgehead atoms. The van der Waals surface area contributed by atoms with Crippen molar-refractivity contribution in [3.8, 4) is 0 Å². The third-order valence-corrected chi connectivity index (χ3v) is 5.69. The van der Waals surface area contributed by atoms with Gasteiger partial charge in [0.1, 0.15) is 16.8 Å². The van der Waals surface area contributed by atoms with Gasteiger partial charge in [0.15, 0.2) is 0 Å². The van der Waals surface area contributed by atoms with E-state index < -0.39 is 10.0 Å². The Kier molecular flexibility index (Phi) is 4.79. The van der Waals surface area contributed by atoms with Crippen LogP contribution in [0.25, 0.3) is 0 Å². The summed E-state index contributed by atoms with van der Waals surface area (Å²) < 4.78 is 32.7. The Morgan fingerprint density at radius 1 is 1.25 bits per heavy atom. The molecule has 0 aliphatic carbocycles. The molecule has 0 amide bonds. The fourth-order valence-electron chi connectivity index (χ4n) is 2.54. The summed E-state index contributed by atoms with van der Waals surface area (Å²) in [4.78, 5) is 10.5. The van der Waals surface area contributed by atoms with Gasteiger partial charge in [0.05, 0.1) is 12.3 Å². The number of ether oxygens (including phenoxy) is 1. The lowest BCUT2D eigenvalue weighted by atomic mass is 10.2. The quantitative estimate of drug-likeness (QED) is 0.829. The average Bonchev–Trinajstić information content (AvgIpc) is 2.62. The number of hydrogen-bond acceptors (Lipinski definition) is 6. The van der Waals surface area contributed by atoms with Gasteiger partial charge in [0, 0.05) is 39.6 Å². The molecule has 1 fully saturated rings. The lowest BCUT2D eigenvalue weighted by Gasteiger charge is -2.32. The first-order valence-corrected chi connectivity index (χ1v) is 9.08. The SMILES string of the molecule is CN(C)c1cccc(C2CN(S(=O)(=O)c3cccnc3)CCO2)n1. The molecule has 2 aromatic heterocycles. The van der Waals surface area contributed by atoms with E-state index in [9.17, 15) is 8.42 Å². The molecule has 7 nitrogen and oxygen atoms in total. The Balaban J connectivity index is 1.83. The minimum absolute atomic E-state index is 0.195. The van der Waals surface area contributed by atoms with E-state index >= 15 is 0 Å². The maximum Gasteiger partial charge on any atom is 0.244 e. The first-order chi connectivity index (χ1) is 11.5. The number of hydrogen-bond donors (Lipinski definition) is 0. The van der Waals surface area contributed by atoms with Crippen molar-refractivity contribution in [2.45, 2.75) is 11.0 Å². The predicted octanol–water partition coefficient (Wildman–Crippen LogP) is 1.30.